The topological polar surface area (TPSA) is 66.0 Å². The van der Waals surface area contributed by atoms with Crippen molar-refractivity contribution in [1.82, 2.24) is 0 Å². The van der Waals surface area contributed by atoms with Gasteiger partial charge in [-0.25, -0.2) is 0 Å². The third-order valence-electron chi connectivity index (χ3n) is 4.13. The summed E-state index contributed by atoms with van der Waals surface area (Å²) < 4.78 is 23.1. The standard InChI is InChI=1S/C19H17BrClNO5/c20-12-9-15-16(26-5-4-25-15)10-14(12)22-18(23)8-11-6-13(21)19-17(7-11)24-2-1-3-27-19/h6-7,9-10H,1-5,8H2,(H,22,23). The summed E-state index contributed by atoms with van der Waals surface area (Å²) in [6.07, 6.45) is 0.941. The van der Waals surface area contributed by atoms with Gasteiger partial charge in [-0.3, -0.25) is 4.79 Å². The van der Waals surface area contributed by atoms with Crippen LogP contribution in [0.2, 0.25) is 5.02 Å². The van der Waals surface area contributed by atoms with E-state index < -0.39 is 0 Å². The Hall–Kier alpha value is -2.12. The first-order valence-electron chi connectivity index (χ1n) is 8.57. The van der Waals surface area contributed by atoms with Crippen LogP contribution in [0.4, 0.5) is 5.69 Å². The Labute approximate surface area is 169 Å². The molecule has 6 nitrogen and oxygen atoms in total. The minimum absolute atomic E-state index is 0.150. The molecule has 0 saturated carbocycles. The van der Waals surface area contributed by atoms with Crippen LogP contribution < -0.4 is 24.3 Å². The van der Waals surface area contributed by atoms with Crippen LogP contribution in [0.1, 0.15) is 12.0 Å². The highest BCUT2D eigenvalue weighted by atomic mass is 79.9. The molecule has 0 saturated heterocycles. The Morgan fingerprint density at radius 2 is 1.67 bits per heavy atom. The predicted octanol–water partition coefficient (Wildman–Crippen LogP) is 4.22. The number of carbonyl (C=O) groups excluding carboxylic acids is 1. The largest absolute Gasteiger partial charge is 0.489 e. The number of fused-ring (bicyclic) bond motifs is 2. The lowest BCUT2D eigenvalue weighted by atomic mass is 10.1. The maximum atomic E-state index is 12.5. The van der Waals surface area contributed by atoms with Crippen LogP contribution in [-0.2, 0) is 11.2 Å². The number of amides is 1. The van der Waals surface area contributed by atoms with Gasteiger partial charge in [0.2, 0.25) is 5.91 Å². The number of benzene rings is 2. The predicted molar refractivity (Wildman–Crippen MR) is 105 cm³/mol. The average molecular weight is 455 g/mol. The van der Waals surface area contributed by atoms with Crippen LogP contribution in [0.5, 0.6) is 23.0 Å². The molecule has 142 valence electrons. The van der Waals surface area contributed by atoms with E-state index in [1.54, 1.807) is 24.3 Å². The summed E-state index contributed by atoms with van der Waals surface area (Å²) in [5.74, 6) is 2.19. The Morgan fingerprint density at radius 3 is 2.48 bits per heavy atom. The first kappa shape index (κ1) is 18.3. The van der Waals surface area contributed by atoms with Crippen LogP contribution in [-0.4, -0.2) is 32.3 Å². The van der Waals surface area contributed by atoms with Crippen molar-refractivity contribution in [1.29, 1.82) is 0 Å². The third-order valence-corrected chi connectivity index (χ3v) is 5.07. The van der Waals surface area contributed by atoms with E-state index in [0.29, 0.717) is 60.1 Å². The van der Waals surface area contributed by atoms with Crippen molar-refractivity contribution < 1.29 is 23.7 Å². The Morgan fingerprint density at radius 1 is 0.963 bits per heavy atom. The summed E-state index contributed by atoms with van der Waals surface area (Å²) in [7, 11) is 0. The van der Waals surface area contributed by atoms with Crippen molar-refractivity contribution >= 4 is 39.1 Å². The zero-order valence-electron chi connectivity index (χ0n) is 14.3. The van der Waals surface area contributed by atoms with E-state index in [9.17, 15) is 4.79 Å². The Bertz CT molecular complexity index is 889. The van der Waals surface area contributed by atoms with Gasteiger partial charge in [-0.1, -0.05) is 11.6 Å². The number of carbonyl (C=O) groups is 1. The van der Waals surface area contributed by atoms with Crippen LogP contribution in [0.3, 0.4) is 0 Å². The van der Waals surface area contributed by atoms with E-state index in [-0.39, 0.29) is 12.3 Å². The quantitative estimate of drug-likeness (QED) is 0.752. The first-order valence-corrected chi connectivity index (χ1v) is 9.74. The number of rotatable bonds is 3. The molecule has 0 radical (unpaired) electrons. The summed E-state index contributed by atoms with van der Waals surface area (Å²) >= 11 is 9.74. The van der Waals surface area contributed by atoms with Gasteiger partial charge in [-0.05, 0) is 33.6 Å². The Balaban J connectivity index is 1.50. The number of ether oxygens (including phenoxy) is 4. The van der Waals surface area contributed by atoms with E-state index >= 15 is 0 Å². The van der Waals surface area contributed by atoms with Gasteiger partial charge in [0.25, 0.3) is 0 Å². The minimum Gasteiger partial charge on any atom is -0.489 e. The van der Waals surface area contributed by atoms with E-state index in [0.717, 1.165) is 16.5 Å². The van der Waals surface area contributed by atoms with Crippen LogP contribution >= 0.6 is 27.5 Å². The van der Waals surface area contributed by atoms with Crippen molar-refractivity contribution in [3.05, 3.63) is 39.3 Å². The molecule has 1 amide bonds. The van der Waals surface area contributed by atoms with E-state index in [1.165, 1.54) is 0 Å². The first-order chi connectivity index (χ1) is 13.1. The monoisotopic (exact) mass is 453 g/mol. The molecule has 4 rings (SSSR count). The molecule has 27 heavy (non-hydrogen) atoms. The molecule has 0 aromatic heterocycles. The molecule has 0 aliphatic carbocycles. The zero-order valence-corrected chi connectivity index (χ0v) is 16.7. The lowest BCUT2D eigenvalue weighted by Crippen LogP contribution is -2.17. The molecule has 1 N–H and O–H groups in total. The summed E-state index contributed by atoms with van der Waals surface area (Å²) in [6, 6.07) is 7.06. The van der Waals surface area contributed by atoms with Gasteiger partial charge in [0.15, 0.2) is 23.0 Å². The lowest BCUT2D eigenvalue weighted by molar-refractivity contribution is -0.115. The molecular weight excluding hydrogens is 438 g/mol. The zero-order chi connectivity index (χ0) is 18.8. The van der Waals surface area contributed by atoms with Gasteiger partial charge >= 0.3 is 0 Å². The molecule has 0 atom stereocenters. The Kier molecular flexibility index (Phi) is 5.31. The molecule has 2 aliphatic heterocycles. The molecule has 2 aliphatic rings. The fourth-order valence-corrected chi connectivity index (χ4v) is 3.64. The number of hydrogen-bond acceptors (Lipinski definition) is 5. The summed E-state index contributed by atoms with van der Waals surface area (Å²) in [5, 5.41) is 3.33. The smallest absolute Gasteiger partial charge is 0.228 e. The molecule has 0 fully saturated rings. The van der Waals surface area contributed by atoms with Crippen molar-refractivity contribution in [2.45, 2.75) is 12.8 Å². The maximum Gasteiger partial charge on any atom is 0.228 e. The van der Waals surface area contributed by atoms with E-state index in [1.807, 2.05) is 0 Å². The van der Waals surface area contributed by atoms with Crippen molar-refractivity contribution in [3.8, 4) is 23.0 Å². The number of hydrogen-bond donors (Lipinski definition) is 1. The van der Waals surface area contributed by atoms with Gasteiger partial charge < -0.3 is 24.3 Å². The maximum absolute atomic E-state index is 12.5. The normalized spacial score (nSPS) is 15.0. The average Bonchev–Trinajstić information content (AvgIpc) is 2.88. The van der Waals surface area contributed by atoms with Crippen molar-refractivity contribution in [2.75, 3.05) is 31.7 Å². The van der Waals surface area contributed by atoms with Crippen LogP contribution in [0.25, 0.3) is 0 Å². The highest BCUT2D eigenvalue weighted by molar-refractivity contribution is 9.10. The van der Waals surface area contributed by atoms with Gasteiger partial charge in [-0.2, -0.15) is 0 Å². The fraction of sp³-hybridized carbons (Fsp3) is 0.316. The second kappa shape index (κ2) is 7.86. The molecular formula is C19H17BrClNO5. The van der Waals surface area contributed by atoms with Crippen molar-refractivity contribution in [2.24, 2.45) is 0 Å². The van der Waals surface area contributed by atoms with E-state index in [2.05, 4.69) is 21.2 Å². The second-order valence-electron chi connectivity index (χ2n) is 6.16. The van der Waals surface area contributed by atoms with Gasteiger partial charge in [0, 0.05) is 23.0 Å². The molecule has 0 spiro atoms. The highest BCUT2D eigenvalue weighted by Gasteiger charge is 2.19. The van der Waals surface area contributed by atoms with Crippen LogP contribution in [0, 0.1) is 0 Å². The molecule has 8 heteroatoms. The molecule has 2 aromatic carbocycles. The number of halogens is 2. The molecule has 2 aromatic rings. The lowest BCUT2D eigenvalue weighted by Gasteiger charge is -2.20. The molecule has 0 unspecified atom stereocenters. The molecule has 2 heterocycles. The van der Waals surface area contributed by atoms with Gasteiger partial charge in [0.05, 0.1) is 30.3 Å². The number of anilines is 1. The van der Waals surface area contributed by atoms with Crippen LogP contribution in [0.15, 0.2) is 28.7 Å². The summed E-state index contributed by atoms with van der Waals surface area (Å²) in [4.78, 5) is 12.5. The highest BCUT2D eigenvalue weighted by Crippen LogP contribution is 2.39. The fourth-order valence-electron chi connectivity index (χ4n) is 2.93. The summed E-state index contributed by atoms with van der Waals surface area (Å²) in [5.41, 5.74) is 1.36. The SMILES string of the molecule is O=C(Cc1cc(Cl)c2c(c1)OCCCO2)Nc1cc2c(cc1Br)OCCO2. The van der Waals surface area contributed by atoms with Crippen molar-refractivity contribution in [3.63, 3.8) is 0 Å². The second-order valence-corrected chi connectivity index (χ2v) is 7.42. The molecule has 0 bridgehead atoms. The minimum atomic E-state index is -0.182. The van der Waals surface area contributed by atoms with Gasteiger partial charge in [-0.15, -0.1) is 0 Å². The summed E-state index contributed by atoms with van der Waals surface area (Å²) in [6.45, 7) is 2.11. The third kappa shape index (κ3) is 4.09. The number of nitrogens with one attached hydrogen (secondary N) is 1. The van der Waals surface area contributed by atoms with Gasteiger partial charge in [0.1, 0.15) is 13.2 Å². The van der Waals surface area contributed by atoms with E-state index in [4.69, 9.17) is 30.5 Å².